The van der Waals surface area contributed by atoms with Crippen molar-refractivity contribution in [1.29, 1.82) is 0 Å². The molecule has 0 aliphatic rings. The summed E-state index contributed by atoms with van der Waals surface area (Å²) in [4.78, 5) is 0.347. The summed E-state index contributed by atoms with van der Waals surface area (Å²) in [5.41, 5.74) is 2.05. The highest BCUT2D eigenvalue weighted by Gasteiger charge is 2.15. The third-order valence-electron chi connectivity index (χ3n) is 3.23. The third-order valence-corrected chi connectivity index (χ3v) is 4.87. The molecule has 2 aromatic rings. The van der Waals surface area contributed by atoms with E-state index in [2.05, 4.69) is 21.2 Å². The Labute approximate surface area is 134 Å². The zero-order valence-corrected chi connectivity index (χ0v) is 14.4. The van der Waals surface area contributed by atoms with Gasteiger partial charge in [0.05, 0.1) is 10.9 Å². The van der Waals surface area contributed by atoms with Crippen LogP contribution in [0.1, 0.15) is 24.1 Å². The molecule has 0 radical (unpaired) electrons. The van der Waals surface area contributed by atoms with E-state index in [1.54, 1.807) is 18.2 Å². The van der Waals surface area contributed by atoms with Gasteiger partial charge in [0.1, 0.15) is 0 Å². The second kappa shape index (κ2) is 6.73. The van der Waals surface area contributed by atoms with Gasteiger partial charge in [0.15, 0.2) is 9.84 Å². The van der Waals surface area contributed by atoms with Crippen molar-refractivity contribution in [2.24, 2.45) is 0 Å². The van der Waals surface area contributed by atoms with Gasteiger partial charge in [-0.3, -0.25) is 0 Å². The largest absolute Gasteiger partial charge is 0.307 e. The summed E-state index contributed by atoms with van der Waals surface area (Å²) in [7, 11) is -3.20. The highest BCUT2D eigenvalue weighted by atomic mass is 79.9. The van der Waals surface area contributed by atoms with Crippen LogP contribution in [0.25, 0.3) is 0 Å². The molecule has 0 heterocycles. The zero-order valence-electron chi connectivity index (χ0n) is 12.0. The van der Waals surface area contributed by atoms with Crippen LogP contribution in [0.3, 0.4) is 0 Å². The van der Waals surface area contributed by atoms with E-state index in [4.69, 9.17) is 0 Å². The number of hydrogen-bond acceptors (Lipinski definition) is 3. The molecular weight excluding hydrogens is 350 g/mol. The molecule has 3 nitrogen and oxygen atoms in total. The Hall–Kier alpha value is -1.17. The van der Waals surface area contributed by atoms with Gasteiger partial charge in [-0.25, -0.2) is 8.42 Å². The first-order valence-corrected chi connectivity index (χ1v) is 9.39. The first kappa shape index (κ1) is 16.2. The molecule has 0 aliphatic carbocycles. The molecule has 0 saturated heterocycles. The molecule has 0 aromatic heterocycles. The summed E-state index contributed by atoms with van der Waals surface area (Å²) in [6.45, 7) is 2.83. The van der Waals surface area contributed by atoms with Crippen molar-refractivity contribution in [3.05, 3.63) is 64.1 Å². The molecule has 0 saturated carbocycles. The Morgan fingerprint density at radius 3 is 2.33 bits per heavy atom. The maximum Gasteiger partial charge on any atom is 0.175 e. The van der Waals surface area contributed by atoms with Crippen molar-refractivity contribution in [3.8, 4) is 0 Å². The molecule has 2 aromatic carbocycles. The van der Waals surface area contributed by atoms with E-state index < -0.39 is 9.84 Å². The molecular formula is C16H18BrNO2S. The first-order valence-electron chi connectivity index (χ1n) is 6.70. The van der Waals surface area contributed by atoms with Crippen molar-refractivity contribution in [2.45, 2.75) is 17.9 Å². The number of rotatable bonds is 5. The molecule has 0 aliphatic heterocycles. The zero-order chi connectivity index (χ0) is 15.5. The van der Waals surface area contributed by atoms with Crippen LogP contribution in [0.4, 0.5) is 0 Å². The summed E-state index contributed by atoms with van der Waals surface area (Å²) in [6, 6.07) is 15.1. The summed E-state index contributed by atoms with van der Waals surface area (Å²) < 4.78 is 24.5. The van der Waals surface area contributed by atoms with Gasteiger partial charge in [-0.1, -0.05) is 47.1 Å². The highest BCUT2D eigenvalue weighted by Crippen LogP contribution is 2.25. The molecule has 112 valence electrons. The Morgan fingerprint density at radius 2 is 1.76 bits per heavy atom. The normalized spacial score (nSPS) is 13.1. The maximum atomic E-state index is 11.7. The van der Waals surface area contributed by atoms with E-state index in [-0.39, 0.29) is 6.04 Å². The number of benzene rings is 2. The first-order chi connectivity index (χ1) is 9.91. The predicted octanol–water partition coefficient (Wildman–Crippen LogP) is 3.55. The van der Waals surface area contributed by atoms with Crippen molar-refractivity contribution in [3.63, 3.8) is 0 Å². The van der Waals surface area contributed by atoms with E-state index >= 15 is 0 Å². The van der Waals surface area contributed by atoms with E-state index in [0.717, 1.165) is 22.1 Å². The molecule has 0 fully saturated rings. The summed E-state index contributed by atoms with van der Waals surface area (Å²) >= 11 is 3.43. The Balaban J connectivity index is 2.45. The van der Waals surface area contributed by atoms with E-state index in [0.29, 0.717) is 4.90 Å². The quantitative estimate of drug-likeness (QED) is 0.878. The number of hydrogen-bond donors (Lipinski definition) is 1. The van der Waals surface area contributed by atoms with Crippen molar-refractivity contribution in [2.75, 3.05) is 12.8 Å². The lowest BCUT2D eigenvalue weighted by atomic mass is 9.99. The monoisotopic (exact) mass is 367 g/mol. The van der Waals surface area contributed by atoms with Crippen LogP contribution in [-0.4, -0.2) is 21.2 Å². The van der Waals surface area contributed by atoms with Gasteiger partial charge < -0.3 is 5.32 Å². The Bertz CT molecular complexity index is 711. The summed E-state index contributed by atoms with van der Waals surface area (Å²) in [5.74, 6) is 0. The minimum atomic E-state index is -3.20. The van der Waals surface area contributed by atoms with Crippen LogP contribution in [0.15, 0.2) is 57.9 Å². The second-order valence-corrected chi connectivity index (χ2v) is 7.82. The Kier molecular flexibility index (Phi) is 5.19. The van der Waals surface area contributed by atoms with Crippen molar-refractivity contribution >= 4 is 25.8 Å². The molecule has 5 heteroatoms. The SMILES string of the molecule is CCNC(c1ccc(Br)cc1)c1cccc(S(C)(=O)=O)c1. The van der Waals surface area contributed by atoms with Gasteiger partial charge >= 0.3 is 0 Å². The molecule has 21 heavy (non-hydrogen) atoms. The smallest absolute Gasteiger partial charge is 0.175 e. The lowest BCUT2D eigenvalue weighted by molar-refractivity contribution is 0.600. The van der Waals surface area contributed by atoms with Gasteiger partial charge in [-0.2, -0.15) is 0 Å². The van der Waals surface area contributed by atoms with Crippen LogP contribution < -0.4 is 5.32 Å². The topological polar surface area (TPSA) is 46.2 Å². The molecule has 1 N–H and O–H groups in total. The average Bonchev–Trinajstić information content (AvgIpc) is 2.45. The average molecular weight is 368 g/mol. The molecule has 1 unspecified atom stereocenters. The van der Waals surface area contributed by atoms with Crippen LogP contribution in [-0.2, 0) is 9.84 Å². The van der Waals surface area contributed by atoms with Gasteiger partial charge in [-0.05, 0) is 41.9 Å². The second-order valence-electron chi connectivity index (χ2n) is 4.89. The van der Waals surface area contributed by atoms with E-state index in [9.17, 15) is 8.42 Å². The minimum Gasteiger partial charge on any atom is -0.307 e. The molecule has 0 spiro atoms. The Morgan fingerprint density at radius 1 is 1.10 bits per heavy atom. The molecule has 0 amide bonds. The van der Waals surface area contributed by atoms with Gasteiger partial charge in [-0.15, -0.1) is 0 Å². The number of nitrogens with one attached hydrogen (secondary N) is 1. The lowest BCUT2D eigenvalue weighted by Crippen LogP contribution is -2.22. The van der Waals surface area contributed by atoms with Crippen LogP contribution in [0.2, 0.25) is 0 Å². The maximum absolute atomic E-state index is 11.7. The number of halogens is 1. The van der Waals surface area contributed by atoms with E-state index in [1.165, 1.54) is 6.26 Å². The lowest BCUT2D eigenvalue weighted by Gasteiger charge is -2.19. The third kappa shape index (κ3) is 4.15. The van der Waals surface area contributed by atoms with Crippen LogP contribution in [0.5, 0.6) is 0 Å². The summed E-state index contributed by atoms with van der Waals surface area (Å²) in [6.07, 6.45) is 1.23. The highest BCUT2D eigenvalue weighted by molar-refractivity contribution is 9.10. The molecule has 1 atom stereocenters. The molecule has 2 rings (SSSR count). The fraction of sp³-hybridized carbons (Fsp3) is 0.250. The standard InChI is InChI=1S/C16H18BrNO2S/c1-3-18-16(12-7-9-14(17)10-8-12)13-5-4-6-15(11-13)21(2,19)20/h4-11,16,18H,3H2,1-2H3. The van der Waals surface area contributed by atoms with Crippen molar-refractivity contribution in [1.82, 2.24) is 5.32 Å². The van der Waals surface area contributed by atoms with E-state index in [1.807, 2.05) is 37.3 Å². The minimum absolute atomic E-state index is 0.0233. The van der Waals surface area contributed by atoms with Crippen LogP contribution >= 0.6 is 15.9 Å². The predicted molar refractivity (Wildman–Crippen MR) is 89.2 cm³/mol. The molecule has 0 bridgehead atoms. The fourth-order valence-corrected chi connectivity index (χ4v) is 3.15. The van der Waals surface area contributed by atoms with Gasteiger partial charge in [0, 0.05) is 10.7 Å². The fourth-order valence-electron chi connectivity index (χ4n) is 2.21. The van der Waals surface area contributed by atoms with Crippen molar-refractivity contribution < 1.29 is 8.42 Å². The van der Waals surface area contributed by atoms with Gasteiger partial charge in [0.25, 0.3) is 0 Å². The number of sulfone groups is 1. The van der Waals surface area contributed by atoms with Crippen LogP contribution in [0, 0.1) is 0 Å². The summed E-state index contributed by atoms with van der Waals surface area (Å²) in [5, 5.41) is 3.40. The van der Waals surface area contributed by atoms with Gasteiger partial charge in [0.2, 0.25) is 0 Å².